The molecule has 120 valence electrons. The first-order valence-electron chi connectivity index (χ1n) is 7.98. The van der Waals surface area contributed by atoms with E-state index >= 15 is 0 Å². The molecule has 1 N–H and O–H groups in total. The van der Waals surface area contributed by atoms with Gasteiger partial charge in [-0.05, 0) is 26.3 Å². The van der Waals surface area contributed by atoms with Crippen LogP contribution in [0.4, 0.5) is 0 Å². The quantitative estimate of drug-likeness (QED) is 0.744. The molecule has 0 spiro atoms. The van der Waals surface area contributed by atoms with Gasteiger partial charge in [-0.25, -0.2) is 0 Å². The van der Waals surface area contributed by atoms with Crippen molar-refractivity contribution in [3.05, 3.63) is 0 Å². The second-order valence-corrected chi connectivity index (χ2v) is 6.07. The van der Waals surface area contributed by atoms with Gasteiger partial charge in [0.05, 0.1) is 0 Å². The van der Waals surface area contributed by atoms with Crippen LogP contribution >= 0.6 is 0 Å². The van der Waals surface area contributed by atoms with E-state index in [1.807, 2.05) is 16.8 Å². The van der Waals surface area contributed by atoms with E-state index in [9.17, 15) is 9.59 Å². The molecule has 1 atom stereocenters. The minimum absolute atomic E-state index is 0.161. The number of aliphatic hydroxyl groups is 1. The molecule has 0 bridgehead atoms. The SMILES string of the molecule is CN1CCN(C(=O)CCCN2CCCC2=O)C[C@H]1CCO. The highest BCUT2D eigenvalue weighted by molar-refractivity contribution is 5.78. The number of rotatable bonds is 6. The first-order valence-corrected chi connectivity index (χ1v) is 7.98. The largest absolute Gasteiger partial charge is 0.396 e. The Kier molecular flexibility index (Phi) is 5.99. The van der Waals surface area contributed by atoms with Crippen molar-refractivity contribution >= 4 is 11.8 Å². The van der Waals surface area contributed by atoms with Crippen LogP contribution in [-0.4, -0.2) is 84.0 Å². The van der Waals surface area contributed by atoms with Gasteiger partial charge in [-0.15, -0.1) is 0 Å². The van der Waals surface area contributed by atoms with Gasteiger partial charge in [0.2, 0.25) is 11.8 Å². The van der Waals surface area contributed by atoms with Crippen molar-refractivity contribution in [1.82, 2.24) is 14.7 Å². The molecule has 0 radical (unpaired) electrons. The molecule has 0 saturated carbocycles. The summed E-state index contributed by atoms with van der Waals surface area (Å²) in [6.07, 6.45) is 3.59. The fourth-order valence-corrected chi connectivity index (χ4v) is 3.15. The molecular weight excluding hydrogens is 270 g/mol. The molecule has 0 aromatic heterocycles. The van der Waals surface area contributed by atoms with E-state index in [1.54, 1.807) is 0 Å². The number of amides is 2. The van der Waals surface area contributed by atoms with Crippen molar-refractivity contribution in [2.24, 2.45) is 0 Å². The van der Waals surface area contributed by atoms with E-state index in [1.165, 1.54) is 0 Å². The smallest absolute Gasteiger partial charge is 0.222 e. The van der Waals surface area contributed by atoms with Gasteiger partial charge in [0.1, 0.15) is 0 Å². The van der Waals surface area contributed by atoms with Crippen LogP contribution in [0.15, 0.2) is 0 Å². The number of likely N-dealkylation sites (tertiary alicyclic amines) is 1. The molecule has 6 nitrogen and oxygen atoms in total. The number of nitrogens with zero attached hydrogens (tertiary/aromatic N) is 3. The van der Waals surface area contributed by atoms with Crippen LogP contribution in [0.5, 0.6) is 0 Å². The zero-order chi connectivity index (χ0) is 15.2. The van der Waals surface area contributed by atoms with Crippen LogP contribution in [0, 0.1) is 0 Å². The zero-order valence-corrected chi connectivity index (χ0v) is 13.0. The molecular formula is C15H27N3O3. The number of hydrogen-bond acceptors (Lipinski definition) is 4. The van der Waals surface area contributed by atoms with Crippen molar-refractivity contribution in [2.45, 2.75) is 38.1 Å². The van der Waals surface area contributed by atoms with Gasteiger partial charge in [0.15, 0.2) is 0 Å². The average Bonchev–Trinajstić information content (AvgIpc) is 2.87. The van der Waals surface area contributed by atoms with Crippen LogP contribution in [0.2, 0.25) is 0 Å². The summed E-state index contributed by atoms with van der Waals surface area (Å²) in [5, 5.41) is 9.08. The monoisotopic (exact) mass is 297 g/mol. The van der Waals surface area contributed by atoms with Gasteiger partial charge in [-0.2, -0.15) is 0 Å². The lowest BCUT2D eigenvalue weighted by atomic mass is 10.1. The number of carbonyl (C=O) groups is 2. The molecule has 0 aromatic rings. The molecule has 2 heterocycles. The summed E-state index contributed by atoms with van der Waals surface area (Å²) >= 11 is 0. The van der Waals surface area contributed by atoms with Crippen molar-refractivity contribution in [1.29, 1.82) is 0 Å². The lowest BCUT2D eigenvalue weighted by Crippen LogP contribution is -2.53. The third kappa shape index (κ3) is 4.41. The minimum Gasteiger partial charge on any atom is -0.396 e. The molecule has 21 heavy (non-hydrogen) atoms. The van der Waals surface area contributed by atoms with Gasteiger partial charge in [0.25, 0.3) is 0 Å². The van der Waals surface area contributed by atoms with E-state index in [2.05, 4.69) is 4.90 Å². The fourth-order valence-electron chi connectivity index (χ4n) is 3.15. The van der Waals surface area contributed by atoms with Crippen molar-refractivity contribution < 1.29 is 14.7 Å². The van der Waals surface area contributed by atoms with E-state index in [0.717, 1.165) is 32.5 Å². The highest BCUT2D eigenvalue weighted by Gasteiger charge is 2.27. The maximum Gasteiger partial charge on any atom is 0.222 e. The summed E-state index contributed by atoms with van der Waals surface area (Å²) in [5.41, 5.74) is 0. The molecule has 2 saturated heterocycles. The number of aliphatic hydroxyl groups excluding tert-OH is 1. The lowest BCUT2D eigenvalue weighted by Gasteiger charge is -2.39. The molecule has 2 amide bonds. The average molecular weight is 297 g/mol. The normalized spacial score (nSPS) is 23.9. The first kappa shape index (κ1) is 16.2. The van der Waals surface area contributed by atoms with Crippen LogP contribution in [0.3, 0.4) is 0 Å². The first-order chi connectivity index (χ1) is 10.1. The number of likely N-dealkylation sites (N-methyl/N-ethyl adjacent to an activating group) is 1. The molecule has 0 aromatic carbocycles. The maximum atomic E-state index is 12.3. The summed E-state index contributed by atoms with van der Waals surface area (Å²) in [6.45, 7) is 4.05. The van der Waals surface area contributed by atoms with Crippen LogP contribution < -0.4 is 0 Å². The molecule has 0 unspecified atom stereocenters. The Balaban J connectivity index is 1.71. The summed E-state index contributed by atoms with van der Waals surface area (Å²) in [4.78, 5) is 29.7. The number of carbonyl (C=O) groups excluding carboxylic acids is 2. The van der Waals surface area contributed by atoms with Gasteiger partial charge in [-0.1, -0.05) is 0 Å². The molecule has 2 aliphatic rings. The Morgan fingerprint density at radius 1 is 1.33 bits per heavy atom. The van der Waals surface area contributed by atoms with Gasteiger partial charge >= 0.3 is 0 Å². The van der Waals surface area contributed by atoms with Crippen molar-refractivity contribution in [2.75, 3.05) is 46.4 Å². The zero-order valence-electron chi connectivity index (χ0n) is 13.0. The van der Waals surface area contributed by atoms with Gasteiger partial charge in [-0.3, -0.25) is 14.5 Å². The highest BCUT2D eigenvalue weighted by atomic mass is 16.3. The third-order valence-electron chi connectivity index (χ3n) is 4.58. The van der Waals surface area contributed by atoms with Crippen LogP contribution in [-0.2, 0) is 9.59 Å². The molecule has 2 rings (SSSR count). The fraction of sp³-hybridized carbons (Fsp3) is 0.867. The molecule has 0 aliphatic carbocycles. The van der Waals surface area contributed by atoms with Crippen molar-refractivity contribution in [3.8, 4) is 0 Å². The number of hydrogen-bond donors (Lipinski definition) is 1. The van der Waals surface area contributed by atoms with Crippen molar-refractivity contribution in [3.63, 3.8) is 0 Å². The standard InChI is InChI=1S/C15H27N3O3/c1-16-9-10-18(12-13(16)6-11-19)15(21)5-3-8-17-7-2-4-14(17)20/h13,19H,2-12H2,1H3/t13-/m1/s1. The van der Waals surface area contributed by atoms with E-state index in [0.29, 0.717) is 32.4 Å². The summed E-state index contributed by atoms with van der Waals surface area (Å²) < 4.78 is 0. The van der Waals surface area contributed by atoms with Crippen LogP contribution in [0.1, 0.15) is 32.1 Å². The number of piperazine rings is 1. The second-order valence-electron chi connectivity index (χ2n) is 6.07. The molecule has 6 heteroatoms. The summed E-state index contributed by atoms with van der Waals surface area (Å²) in [7, 11) is 2.04. The maximum absolute atomic E-state index is 12.3. The Labute approximate surface area is 126 Å². The summed E-state index contributed by atoms with van der Waals surface area (Å²) in [5.74, 6) is 0.405. The third-order valence-corrected chi connectivity index (χ3v) is 4.58. The second kappa shape index (κ2) is 7.75. The van der Waals surface area contributed by atoms with E-state index in [4.69, 9.17) is 5.11 Å². The topological polar surface area (TPSA) is 64.1 Å². The summed E-state index contributed by atoms with van der Waals surface area (Å²) in [6, 6.07) is 0.257. The van der Waals surface area contributed by atoms with Gasteiger partial charge < -0.3 is 14.9 Å². The lowest BCUT2D eigenvalue weighted by molar-refractivity contribution is -0.135. The molecule has 2 aliphatic heterocycles. The minimum atomic E-state index is 0.161. The van der Waals surface area contributed by atoms with E-state index in [-0.39, 0.29) is 24.5 Å². The Hall–Kier alpha value is -1.14. The Morgan fingerprint density at radius 2 is 2.14 bits per heavy atom. The Morgan fingerprint density at radius 3 is 2.81 bits per heavy atom. The highest BCUT2D eigenvalue weighted by Crippen LogP contribution is 2.14. The Bertz CT molecular complexity index is 375. The van der Waals surface area contributed by atoms with Gasteiger partial charge in [0, 0.05) is 58.2 Å². The predicted octanol–water partition coefficient (Wildman–Crippen LogP) is -0.0860. The predicted molar refractivity (Wildman–Crippen MR) is 79.7 cm³/mol. The van der Waals surface area contributed by atoms with Crippen LogP contribution in [0.25, 0.3) is 0 Å². The van der Waals surface area contributed by atoms with E-state index < -0.39 is 0 Å². The molecule has 2 fully saturated rings.